The molecule has 0 aliphatic carbocycles. The molecule has 6 N–H and O–H groups in total. The lowest BCUT2D eigenvalue weighted by Crippen LogP contribution is -2.58. The Morgan fingerprint density at radius 2 is 1.38 bits per heavy atom. The molecule has 0 bridgehead atoms. The van der Waals surface area contributed by atoms with E-state index in [2.05, 4.69) is 39.2 Å². The minimum atomic E-state index is -3.37. The molecule has 0 fully saturated rings. The van der Waals surface area contributed by atoms with Gasteiger partial charge >= 0.3 is 6.09 Å². The third-order valence-corrected chi connectivity index (χ3v) is 8.66. The SMILES string of the molecule is CC(C)C[C@H](NC(=O)[C@H](CCS)NC(=O)[C@@H](NC(=O)OC(C)(C)C)C(C)C)[C@@H](O)C[C@@H](CC(F)(F)P)C(=O)N[C@H](C(=O)NCc1ccccc1)C(C)C. The summed E-state index contributed by atoms with van der Waals surface area (Å²) in [6, 6.07) is 4.94. The van der Waals surface area contributed by atoms with Crippen LogP contribution in [0.1, 0.15) is 93.6 Å². The van der Waals surface area contributed by atoms with Gasteiger partial charge in [-0.15, -0.1) is 0 Å². The predicted molar refractivity (Wildman–Crippen MR) is 208 cm³/mol. The van der Waals surface area contributed by atoms with E-state index in [1.807, 2.05) is 44.2 Å². The van der Waals surface area contributed by atoms with Gasteiger partial charge in [0.25, 0.3) is 5.66 Å². The summed E-state index contributed by atoms with van der Waals surface area (Å²) in [7, 11) is 1.40. The Labute approximate surface area is 321 Å². The van der Waals surface area contributed by atoms with Gasteiger partial charge in [0.15, 0.2) is 0 Å². The maximum Gasteiger partial charge on any atom is 0.408 e. The zero-order valence-electron chi connectivity index (χ0n) is 32.5. The van der Waals surface area contributed by atoms with Crippen LogP contribution < -0.4 is 26.6 Å². The largest absolute Gasteiger partial charge is 0.444 e. The van der Waals surface area contributed by atoms with Gasteiger partial charge < -0.3 is 36.4 Å². The molecule has 1 unspecified atom stereocenters. The van der Waals surface area contributed by atoms with E-state index >= 15 is 0 Å². The highest BCUT2D eigenvalue weighted by Crippen LogP contribution is 2.33. The number of benzene rings is 1. The van der Waals surface area contributed by atoms with Crippen LogP contribution in [0.5, 0.6) is 0 Å². The zero-order valence-corrected chi connectivity index (χ0v) is 34.6. The van der Waals surface area contributed by atoms with Crippen molar-refractivity contribution in [2.24, 2.45) is 23.7 Å². The average molecular weight is 790 g/mol. The Morgan fingerprint density at radius 3 is 1.87 bits per heavy atom. The molecule has 53 heavy (non-hydrogen) atoms. The Balaban J connectivity index is 3.20. The van der Waals surface area contributed by atoms with Gasteiger partial charge in [0.05, 0.1) is 12.1 Å². The molecule has 0 saturated carbocycles. The second-order valence-electron chi connectivity index (χ2n) is 15.6. The maximum atomic E-state index is 14.4. The smallest absolute Gasteiger partial charge is 0.408 e. The molecule has 0 heterocycles. The van der Waals surface area contributed by atoms with Crippen molar-refractivity contribution in [1.29, 1.82) is 0 Å². The lowest BCUT2D eigenvalue weighted by Gasteiger charge is -2.32. The molecule has 5 amide bonds. The van der Waals surface area contributed by atoms with Gasteiger partial charge in [-0.05, 0) is 69.1 Å². The van der Waals surface area contributed by atoms with Gasteiger partial charge in [0.2, 0.25) is 23.6 Å². The second-order valence-corrected chi connectivity index (χ2v) is 16.9. The molecule has 0 spiro atoms. The van der Waals surface area contributed by atoms with Gasteiger partial charge in [0.1, 0.15) is 23.7 Å². The van der Waals surface area contributed by atoms with Crippen LogP contribution in [0.3, 0.4) is 0 Å². The number of rotatable bonds is 21. The first-order valence-corrected chi connectivity index (χ1v) is 19.3. The number of aliphatic hydroxyl groups is 1. The highest BCUT2D eigenvalue weighted by Gasteiger charge is 2.38. The van der Waals surface area contributed by atoms with Crippen molar-refractivity contribution in [3.05, 3.63) is 35.9 Å². The van der Waals surface area contributed by atoms with Gasteiger partial charge in [-0.3, -0.25) is 19.2 Å². The predicted octanol–water partition coefficient (Wildman–Crippen LogP) is 4.55. The van der Waals surface area contributed by atoms with Crippen molar-refractivity contribution >= 4 is 51.6 Å². The molecule has 1 rings (SSSR count). The van der Waals surface area contributed by atoms with E-state index in [1.165, 1.54) is 9.24 Å². The van der Waals surface area contributed by atoms with E-state index in [9.17, 15) is 37.9 Å². The molecule has 302 valence electrons. The Hall–Kier alpha value is -3.03. The van der Waals surface area contributed by atoms with E-state index in [4.69, 9.17) is 4.74 Å². The lowest BCUT2D eigenvalue weighted by molar-refractivity contribution is -0.134. The number of hydrogen-bond acceptors (Lipinski definition) is 8. The van der Waals surface area contributed by atoms with Crippen LogP contribution in [0.25, 0.3) is 0 Å². The molecular formula is C37H62F2N5O7PS. The van der Waals surface area contributed by atoms with Gasteiger partial charge in [-0.2, -0.15) is 12.6 Å². The third kappa shape index (κ3) is 19.2. The van der Waals surface area contributed by atoms with Gasteiger partial charge in [-0.25, -0.2) is 13.6 Å². The van der Waals surface area contributed by atoms with Crippen molar-refractivity contribution < 1.29 is 42.6 Å². The van der Waals surface area contributed by atoms with Crippen molar-refractivity contribution in [1.82, 2.24) is 26.6 Å². The average Bonchev–Trinajstić information content (AvgIpc) is 3.02. The Kier molecular flexibility index (Phi) is 20.3. The number of alkyl carbamates (subject to hydrolysis) is 1. The van der Waals surface area contributed by atoms with Crippen LogP contribution >= 0.6 is 21.9 Å². The number of hydrogen-bond donors (Lipinski definition) is 7. The molecule has 0 radical (unpaired) electrons. The fourth-order valence-corrected chi connectivity index (χ4v) is 6.04. The van der Waals surface area contributed by atoms with Crippen molar-refractivity contribution in [2.75, 3.05) is 5.75 Å². The van der Waals surface area contributed by atoms with Crippen molar-refractivity contribution in [3.63, 3.8) is 0 Å². The van der Waals surface area contributed by atoms with E-state index < -0.39 is 95.9 Å². The summed E-state index contributed by atoms with van der Waals surface area (Å²) in [4.78, 5) is 66.1. The molecule has 0 saturated heterocycles. The third-order valence-electron chi connectivity index (χ3n) is 8.16. The number of ether oxygens (including phenoxy) is 1. The molecular weight excluding hydrogens is 727 g/mol. The number of alkyl halides is 2. The van der Waals surface area contributed by atoms with E-state index in [0.717, 1.165) is 5.56 Å². The summed E-state index contributed by atoms with van der Waals surface area (Å²) in [5, 5.41) is 24.8. The van der Waals surface area contributed by atoms with E-state index in [0.29, 0.717) is 0 Å². The van der Waals surface area contributed by atoms with Crippen molar-refractivity contribution in [3.8, 4) is 0 Å². The van der Waals surface area contributed by atoms with Crippen LogP contribution in [0.2, 0.25) is 0 Å². The minimum absolute atomic E-state index is 0.0784. The number of carbonyl (C=O) groups is 5. The number of thiol groups is 1. The van der Waals surface area contributed by atoms with Crippen LogP contribution in [-0.4, -0.2) is 82.1 Å². The number of nitrogens with one attached hydrogen (secondary N) is 5. The number of halogens is 2. The van der Waals surface area contributed by atoms with Crippen LogP contribution in [-0.2, 0) is 30.5 Å². The maximum absolute atomic E-state index is 14.4. The molecule has 0 aromatic heterocycles. The highest BCUT2D eigenvalue weighted by atomic mass is 32.1. The van der Waals surface area contributed by atoms with Gasteiger partial charge in [-0.1, -0.05) is 81.1 Å². The Morgan fingerprint density at radius 1 is 0.811 bits per heavy atom. The first kappa shape index (κ1) is 48.0. The topological polar surface area (TPSA) is 175 Å². The molecule has 1 aromatic carbocycles. The summed E-state index contributed by atoms with van der Waals surface area (Å²) < 4.78 is 34.2. The fraction of sp³-hybridized carbons (Fsp3) is 0.703. The summed E-state index contributed by atoms with van der Waals surface area (Å²) in [6.45, 7) is 15.8. The van der Waals surface area contributed by atoms with E-state index in [1.54, 1.807) is 48.5 Å². The lowest BCUT2D eigenvalue weighted by atomic mass is 9.89. The zero-order chi connectivity index (χ0) is 40.7. The second kappa shape index (κ2) is 22.4. The summed E-state index contributed by atoms with van der Waals surface area (Å²) in [6.07, 6.45) is -3.36. The summed E-state index contributed by atoms with van der Waals surface area (Å²) >= 11 is 4.24. The molecule has 7 atom stereocenters. The normalized spacial score (nSPS) is 15.5. The molecule has 16 heteroatoms. The standard InChI is InChI=1S/C37H62F2N5O7PS/c1-21(2)17-27(42-32(47)26(15-16-53)41-34(49)30(23(5)6)44-35(50)51-36(7,8)9)28(45)18-25(19-37(38,39)52)31(46)43-29(22(3)4)33(48)40-20-24-13-11-10-12-14-24/h10-14,21-23,25-30,45,53H,15-20,52H2,1-9H3,(H,40,48)(H,41,49)(H,42,47)(H,43,46)(H,44,50)/t25-,26-,27-,28-,29-,30-/m0/s1. The van der Waals surface area contributed by atoms with Crippen LogP contribution in [0, 0.1) is 23.7 Å². The number of aliphatic hydroxyl groups excluding tert-OH is 1. The molecule has 1 aromatic rings. The quantitative estimate of drug-likeness (QED) is 0.0707. The molecule has 0 aliphatic rings. The van der Waals surface area contributed by atoms with Crippen LogP contribution in [0.15, 0.2) is 30.3 Å². The summed E-state index contributed by atoms with van der Waals surface area (Å²) in [5.74, 6) is -4.71. The Bertz CT molecular complexity index is 1330. The first-order chi connectivity index (χ1) is 24.4. The van der Waals surface area contributed by atoms with Crippen molar-refractivity contribution in [2.45, 2.75) is 136 Å². The first-order valence-electron chi connectivity index (χ1n) is 18.1. The van der Waals surface area contributed by atoms with E-state index in [-0.39, 0.29) is 37.0 Å². The molecule has 0 aliphatic heterocycles. The highest BCUT2D eigenvalue weighted by molar-refractivity contribution is 7.80. The fourth-order valence-electron chi connectivity index (χ4n) is 5.50. The van der Waals surface area contributed by atoms with Crippen LogP contribution in [0.4, 0.5) is 13.6 Å². The monoisotopic (exact) mass is 789 g/mol. The van der Waals surface area contributed by atoms with Gasteiger partial charge in [0, 0.05) is 18.9 Å². The molecule has 12 nitrogen and oxygen atoms in total. The number of carbonyl (C=O) groups excluding carboxylic acids is 5. The minimum Gasteiger partial charge on any atom is -0.444 e. The number of amides is 5. The summed E-state index contributed by atoms with van der Waals surface area (Å²) in [5.41, 5.74) is -3.34.